The first-order valence-corrected chi connectivity index (χ1v) is 9.02. The third kappa shape index (κ3) is 3.72. The van der Waals surface area contributed by atoms with Gasteiger partial charge in [-0.05, 0) is 45.1 Å². The third-order valence-electron chi connectivity index (χ3n) is 5.49. The van der Waals surface area contributed by atoms with Gasteiger partial charge in [0.05, 0.1) is 0 Å². The second-order valence-corrected chi connectivity index (χ2v) is 7.15. The molecular weight excluding hydrogens is 274 g/mol. The van der Waals surface area contributed by atoms with E-state index in [1.165, 1.54) is 63.7 Å². The van der Waals surface area contributed by atoms with Crippen molar-refractivity contribution in [3.8, 4) is 0 Å². The summed E-state index contributed by atoms with van der Waals surface area (Å²) in [4.78, 5) is 7.29. The van der Waals surface area contributed by atoms with Gasteiger partial charge in [0.15, 0.2) is 0 Å². The second kappa shape index (κ2) is 7.60. The molecule has 0 spiro atoms. The van der Waals surface area contributed by atoms with Crippen LogP contribution in [0.25, 0.3) is 0 Å². The van der Waals surface area contributed by atoms with Crippen molar-refractivity contribution in [3.05, 3.63) is 17.7 Å². The maximum Gasteiger partial charge on any atom is 0.134 e. The minimum absolute atomic E-state index is 0.618. The van der Waals surface area contributed by atoms with E-state index in [2.05, 4.69) is 21.4 Å². The van der Waals surface area contributed by atoms with Gasteiger partial charge in [0.2, 0.25) is 0 Å². The molecule has 2 heterocycles. The number of methoxy groups -OCH3 is 1. The van der Waals surface area contributed by atoms with Crippen molar-refractivity contribution in [2.24, 2.45) is 5.92 Å². The van der Waals surface area contributed by atoms with Crippen molar-refractivity contribution in [2.45, 2.75) is 71.1 Å². The largest absolute Gasteiger partial charge is 0.377 e. The van der Waals surface area contributed by atoms with Gasteiger partial charge in [-0.1, -0.05) is 19.3 Å². The SMILES string of the molecule is COCc1ncc(C)n1CC1CCCN(C2CCCCC2)C1. The van der Waals surface area contributed by atoms with Gasteiger partial charge < -0.3 is 14.2 Å². The number of hydrogen-bond acceptors (Lipinski definition) is 3. The van der Waals surface area contributed by atoms with Gasteiger partial charge in [-0.25, -0.2) is 4.98 Å². The summed E-state index contributed by atoms with van der Waals surface area (Å²) in [5.41, 5.74) is 1.27. The number of aryl methyl sites for hydroxylation is 1. The summed E-state index contributed by atoms with van der Waals surface area (Å²) >= 11 is 0. The summed E-state index contributed by atoms with van der Waals surface area (Å²) < 4.78 is 7.67. The first kappa shape index (κ1) is 16.0. The van der Waals surface area contributed by atoms with Crippen LogP contribution in [-0.4, -0.2) is 40.7 Å². The van der Waals surface area contributed by atoms with Crippen molar-refractivity contribution in [1.82, 2.24) is 14.5 Å². The number of ether oxygens (including phenoxy) is 1. The smallest absolute Gasteiger partial charge is 0.134 e. The van der Waals surface area contributed by atoms with E-state index >= 15 is 0 Å². The quantitative estimate of drug-likeness (QED) is 0.835. The molecule has 1 aliphatic heterocycles. The summed E-state index contributed by atoms with van der Waals surface area (Å²) in [6.07, 6.45) is 11.9. The molecule has 1 aromatic rings. The van der Waals surface area contributed by atoms with Crippen LogP contribution in [0.15, 0.2) is 6.20 Å². The average Bonchev–Trinajstić information content (AvgIpc) is 2.90. The Morgan fingerprint density at radius 1 is 1.18 bits per heavy atom. The molecule has 0 amide bonds. The van der Waals surface area contributed by atoms with Gasteiger partial charge in [-0.15, -0.1) is 0 Å². The van der Waals surface area contributed by atoms with E-state index in [4.69, 9.17) is 4.74 Å². The fraction of sp³-hybridized carbons (Fsp3) is 0.833. The average molecular weight is 305 g/mol. The van der Waals surface area contributed by atoms with Crippen LogP contribution in [0.4, 0.5) is 0 Å². The summed E-state index contributed by atoms with van der Waals surface area (Å²) in [6.45, 7) is 6.47. The molecule has 1 unspecified atom stereocenters. The highest BCUT2D eigenvalue weighted by Crippen LogP contribution is 2.28. The number of piperidine rings is 1. The molecule has 1 atom stereocenters. The molecule has 4 nitrogen and oxygen atoms in total. The molecule has 1 saturated carbocycles. The molecular formula is C18H31N3O. The van der Waals surface area contributed by atoms with E-state index in [0.717, 1.165) is 24.3 Å². The highest BCUT2D eigenvalue weighted by Gasteiger charge is 2.27. The molecule has 0 N–H and O–H groups in total. The minimum Gasteiger partial charge on any atom is -0.377 e. The first-order valence-electron chi connectivity index (χ1n) is 9.02. The van der Waals surface area contributed by atoms with Crippen molar-refractivity contribution in [2.75, 3.05) is 20.2 Å². The van der Waals surface area contributed by atoms with E-state index in [1.807, 2.05) is 6.20 Å². The normalized spacial score (nSPS) is 24.7. The molecule has 2 fully saturated rings. The molecule has 1 saturated heterocycles. The molecule has 124 valence electrons. The van der Waals surface area contributed by atoms with Crippen molar-refractivity contribution < 1.29 is 4.74 Å². The maximum absolute atomic E-state index is 5.29. The monoisotopic (exact) mass is 305 g/mol. The summed E-state index contributed by atoms with van der Waals surface area (Å²) in [5.74, 6) is 1.84. The van der Waals surface area contributed by atoms with Crippen molar-refractivity contribution >= 4 is 0 Å². The van der Waals surface area contributed by atoms with E-state index in [1.54, 1.807) is 7.11 Å². The molecule has 3 rings (SSSR count). The van der Waals surface area contributed by atoms with Crippen LogP contribution in [0.2, 0.25) is 0 Å². The van der Waals surface area contributed by atoms with Gasteiger partial charge >= 0.3 is 0 Å². The lowest BCUT2D eigenvalue weighted by molar-refractivity contribution is 0.0906. The molecule has 2 aliphatic rings. The van der Waals surface area contributed by atoms with Gasteiger partial charge in [-0.2, -0.15) is 0 Å². The Morgan fingerprint density at radius 3 is 2.77 bits per heavy atom. The van der Waals surface area contributed by atoms with Gasteiger partial charge in [0, 0.05) is 38.1 Å². The highest BCUT2D eigenvalue weighted by molar-refractivity contribution is 5.03. The predicted molar refractivity (Wildman–Crippen MR) is 88.8 cm³/mol. The molecule has 4 heteroatoms. The van der Waals surface area contributed by atoms with Gasteiger partial charge in [0.25, 0.3) is 0 Å². The van der Waals surface area contributed by atoms with Crippen molar-refractivity contribution in [3.63, 3.8) is 0 Å². The van der Waals surface area contributed by atoms with Crippen LogP contribution in [0.5, 0.6) is 0 Å². The Hall–Kier alpha value is -0.870. The number of rotatable bonds is 5. The third-order valence-corrected chi connectivity index (χ3v) is 5.49. The molecule has 1 aliphatic carbocycles. The molecule has 1 aromatic heterocycles. The van der Waals surface area contributed by atoms with Crippen LogP contribution in [0.3, 0.4) is 0 Å². The Kier molecular flexibility index (Phi) is 5.53. The number of aromatic nitrogens is 2. The standard InChI is InChI=1S/C18H31N3O/c1-15-11-19-18(14-22-2)21(15)13-16-7-6-10-20(12-16)17-8-4-3-5-9-17/h11,16-17H,3-10,12-14H2,1-2H3. The fourth-order valence-electron chi connectivity index (χ4n) is 4.29. The first-order chi connectivity index (χ1) is 10.8. The van der Waals surface area contributed by atoms with E-state index in [0.29, 0.717) is 6.61 Å². The zero-order valence-corrected chi connectivity index (χ0v) is 14.3. The highest BCUT2D eigenvalue weighted by atomic mass is 16.5. The van der Waals surface area contributed by atoms with Crippen LogP contribution < -0.4 is 0 Å². The van der Waals surface area contributed by atoms with Crippen molar-refractivity contribution in [1.29, 1.82) is 0 Å². The van der Waals surface area contributed by atoms with E-state index < -0.39 is 0 Å². The van der Waals surface area contributed by atoms with Crippen LogP contribution >= 0.6 is 0 Å². The molecule has 0 bridgehead atoms. The summed E-state index contributed by atoms with van der Waals surface area (Å²) in [6, 6.07) is 0.860. The van der Waals surface area contributed by atoms with Gasteiger partial charge in [0.1, 0.15) is 12.4 Å². The summed E-state index contributed by atoms with van der Waals surface area (Å²) in [5, 5.41) is 0. The van der Waals surface area contributed by atoms with Crippen LogP contribution in [0, 0.1) is 12.8 Å². The number of imidazole rings is 1. The zero-order valence-electron chi connectivity index (χ0n) is 14.3. The number of nitrogens with zero attached hydrogens (tertiary/aromatic N) is 3. The Morgan fingerprint density at radius 2 is 2.00 bits per heavy atom. The molecule has 0 aromatic carbocycles. The Balaban J connectivity index is 1.61. The molecule has 0 radical (unpaired) electrons. The summed E-state index contributed by atoms with van der Waals surface area (Å²) in [7, 11) is 1.75. The topological polar surface area (TPSA) is 30.3 Å². The Labute approximate surface area is 134 Å². The zero-order chi connectivity index (χ0) is 15.4. The Bertz CT molecular complexity index is 465. The van der Waals surface area contributed by atoms with E-state index in [9.17, 15) is 0 Å². The predicted octanol–water partition coefficient (Wildman–Crippen LogP) is 3.38. The second-order valence-electron chi connectivity index (χ2n) is 7.15. The van der Waals surface area contributed by atoms with Crippen LogP contribution in [-0.2, 0) is 17.9 Å². The lowest BCUT2D eigenvalue weighted by Gasteiger charge is -2.40. The number of hydrogen-bond donors (Lipinski definition) is 0. The van der Waals surface area contributed by atoms with Crippen LogP contribution in [0.1, 0.15) is 56.5 Å². The minimum atomic E-state index is 0.618. The lowest BCUT2D eigenvalue weighted by Crippen LogP contribution is -2.44. The maximum atomic E-state index is 5.29. The molecule has 22 heavy (non-hydrogen) atoms. The fourth-order valence-corrected chi connectivity index (χ4v) is 4.29. The lowest BCUT2D eigenvalue weighted by atomic mass is 9.90. The van der Waals surface area contributed by atoms with E-state index in [-0.39, 0.29) is 0 Å². The number of likely N-dealkylation sites (tertiary alicyclic amines) is 1. The van der Waals surface area contributed by atoms with Gasteiger partial charge in [-0.3, -0.25) is 0 Å².